The first-order valence-corrected chi connectivity index (χ1v) is 5.76. The molecule has 1 N–H and O–H groups in total. The van der Waals surface area contributed by atoms with E-state index >= 15 is 0 Å². The summed E-state index contributed by atoms with van der Waals surface area (Å²) >= 11 is 0. The van der Waals surface area contributed by atoms with Gasteiger partial charge >= 0.3 is 5.97 Å². The van der Waals surface area contributed by atoms with Crippen LogP contribution in [0, 0.1) is 11.8 Å². The van der Waals surface area contributed by atoms with E-state index in [0.29, 0.717) is 17.7 Å². The third-order valence-corrected chi connectivity index (χ3v) is 3.56. The maximum Gasteiger partial charge on any atom is 0.339 e. The van der Waals surface area contributed by atoms with Crippen molar-refractivity contribution in [3.05, 3.63) is 23.9 Å². The molecule has 0 saturated carbocycles. The molecule has 2 fully saturated rings. The molecule has 1 aromatic rings. The highest BCUT2D eigenvalue weighted by Gasteiger charge is 2.38. The number of aromatic carboxylic acids is 1. The highest BCUT2D eigenvalue weighted by molar-refractivity contribution is 5.93. The summed E-state index contributed by atoms with van der Waals surface area (Å²) in [7, 11) is 0. The van der Waals surface area contributed by atoms with Crippen molar-refractivity contribution < 1.29 is 14.6 Å². The van der Waals surface area contributed by atoms with Gasteiger partial charge in [-0.05, 0) is 12.1 Å². The standard InChI is InChI=1S/C12H14N2O3/c15-12(16)10-2-1-3-13-11(10)14-4-8-6-17-7-9(8)5-14/h1-3,8-9H,4-7H2,(H,15,16)/t8-,9+. The normalized spacial score (nSPS) is 27.2. The topological polar surface area (TPSA) is 62.7 Å². The molecule has 0 aliphatic carbocycles. The Balaban J connectivity index is 1.88. The van der Waals surface area contributed by atoms with E-state index in [9.17, 15) is 4.79 Å². The monoisotopic (exact) mass is 234 g/mol. The average Bonchev–Trinajstić information content (AvgIpc) is 2.88. The van der Waals surface area contributed by atoms with E-state index < -0.39 is 5.97 Å². The maximum absolute atomic E-state index is 11.1. The van der Waals surface area contributed by atoms with E-state index in [1.165, 1.54) is 0 Å². The Morgan fingerprint density at radius 3 is 2.76 bits per heavy atom. The van der Waals surface area contributed by atoms with Crippen molar-refractivity contribution in [2.24, 2.45) is 11.8 Å². The molecular weight excluding hydrogens is 220 g/mol. The zero-order valence-corrected chi connectivity index (χ0v) is 9.37. The SMILES string of the molecule is O=C(O)c1cccnc1N1C[C@H]2COC[C@H]2C1. The lowest BCUT2D eigenvalue weighted by molar-refractivity contribution is 0.0697. The third-order valence-electron chi connectivity index (χ3n) is 3.56. The number of fused-ring (bicyclic) bond motifs is 1. The summed E-state index contributed by atoms with van der Waals surface area (Å²) in [5, 5.41) is 9.14. The number of nitrogens with zero attached hydrogens (tertiary/aromatic N) is 2. The fourth-order valence-corrected chi connectivity index (χ4v) is 2.68. The lowest BCUT2D eigenvalue weighted by atomic mass is 10.0. The smallest absolute Gasteiger partial charge is 0.339 e. The second-order valence-electron chi connectivity index (χ2n) is 4.64. The Bertz CT molecular complexity index is 437. The van der Waals surface area contributed by atoms with Gasteiger partial charge in [-0.1, -0.05) is 0 Å². The molecule has 0 unspecified atom stereocenters. The zero-order chi connectivity index (χ0) is 11.8. The minimum Gasteiger partial charge on any atom is -0.478 e. The highest BCUT2D eigenvalue weighted by Crippen LogP contribution is 2.32. The first-order valence-electron chi connectivity index (χ1n) is 5.76. The van der Waals surface area contributed by atoms with E-state index in [4.69, 9.17) is 9.84 Å². The molecule has 0 bridgehead atoms. The minimum atomic E-state index is -0.915. The number of pyridine rings is 1. The summed E-state index contributed by atoms with van der Waals surface area (Å²) in [6.45, 7) is 3.27. The second-order valence-corrected chi connectivity index (χ2v) is 4.64. The van der Waals surface area contributed by atoms with Gasteiger partial charge in [0.05, 0.1) is 13.2 Å². The Morgan fingerprint density at radius 1 is 1.41 bits per heavy atom. The van der Waals surface area contributed by atoms with Gasteiger partial charge in [-0.2, -0.15) is 0 Å². The zero-order valence-electron chi connectivity index (χ0n) is 9.37. The molecule has 0 radical (unpaired) electrons. The van der Waals surface area contributed by atoms with Crippen LogP contribution in [0.5, 0.6) is 0 Å². The van der Waals surface area contributed by atoms with Crippen LogP contribution in [0.25, 0.3) is 0 Å². The number of carboxylic acid groups (broad SMARTS) is 1. The van der Waals surface area contributed by atoms with E-state index in [1.807, 2.05) is 0 Å². The van der Waals surface area contributed by atoms with E-state index in [2.05, 4.69) is 9.88 Å². The molecule has 5 heteroatoms. The number of carbonyl (C=O) groups is 1. The molecule has 2 aliphatic rings. The molecule has 5 nitrogen and oxygen atoms in total. The van der Waals surface area contributed by atoms with Crippen LogP contribution in [0.15, 0.2) is 18.3 Å². The van der Waals surface area contributed by atoms with Crippen LogP contribution in [0.4, 0.5) is 5.82 Å². The first kappa shape index (κ1) is 10.5. The number of hydrogen-bond donors (Lipinski definition) is 1. The lowest BCUT2D eigenvalue weighted by Gasteiger charge is -2.19. The number of hydrogen-bond acceptors (Lipinski definition) is 4. The maximum atomic E-state index is 11.1. The number of ether oxygens (including phenoxy) is 1. The molecule has 0 spiro atoms. The summed E-state index contributed by atoms with van der Waals surface area (Å²) in [5.41, 5.74) is 0.286. The van der Waals surface area contributed by atoms with Crippen molar-refractivity contribution >= 4 is 11.8 Å². The number of aromatic nitrogens is 1. The predicted molar refractivity (Wildman–Crippen MR) is 61.2 cm³/mol. The number of carboxylic acids is 1. The summed E-state index contributed by atoms with van der Waals surface area (Å²) in [5.74, 6) is 0.730. The first-order chi connectivity index (χ1) is 8.25. The molecule has 2 saturated heterocycles. The molecule has 2 atom stereocenters. The summed E-state index contributed by atoms with van der Waals surface area (Å²) in [4.78, 5) is 17.4. The number of rotatable bonds is 2. The van der Waals surface area contributed by atoms with Gasteiger partial charge < -0.3 is 14.7 Å². The van der Waals surface area contributed by atoms with E-state index in [0.717, 1.165) is 26.3 Å². The van der Waals surface area contributed by atoms with E-state index in [1.54, 1.807) is 18.3 Å². The second kappa shape index (κ2) is 4.00. The molecule has 0 amide bonds. The summed E-state index contributed by atoms with van der Waals surface area (Å²) < 4.78 is 5.41. The van der Waals surface area contributed by atoms with Crippen LogP contribution in [0.3, 0.4) is 0 Å². The van der Waals surface area contributed by atoms with Gasteiger partial charge in [-0.15, -0.1) is 0 Å². The minimum absolute atomic E-state index is 0.286. The van der Waals surface area contributed by atoms with Crippen molar-refractivity contribution in [1.82, 2.24) is 4.98 Å². The van der Waals surface area contributed by atoms with Gasteiger partial charge in [0.1, 0.15) is 11.4 Å². The van der Waals surface area contributed by atoms with Crippen LogP contribution in [-0.4, -0.2) is 42.4 Å². The fraction of sp³-hybridized carbons (Fsp3) is 0.500. The van der Waals surface area contributed by atoms with Crippen molar-refractivity contribution in [3.8, 4) is 0 Å². The highest BCUT2D eigenvalue weighted by atomic mass is 16.5. The molecule has 0 aromatic carbocycles. The number of anilines is 1. The van der Waals surface area contributed by atoms with Crippen LogP contribution in [0.1, 0.15) is 10.4 Å². The van der Waals surface area contributed by atoms with E-state index in [-0.39, 0.29) is 5.56 Å². The Morgan fingerprint density at radius 2 is 2.12 bits per heavy atom. The summed E-state index contributed by atoms with van der Waals surface area (Å²) in [6, 6.07) is 3.27. The predicted octanol–water partition coefficient (Wildman–Crippen LogP) is 0.862. The Hall–Kier alpha value is -1.62. The molecular formula is C12H14N2O3. The molecule has 1 aromatic heterocycles. The van der Waals surface area contributed by atoms with Crippen LogP contribution < -0.4 is 4.90 Å². The lowest BCUT2D eigenvalue weighted by Crippen LogP contribution is -2.25. The molecule has 3 rings (SSSR count). The van der Waals surface area contributed by atoms with Gasteiger partial charge in [0.25, 0.3) is 0 Å². The van der Waals surface area contributed by atoms with Crippen molar-refractivity contribution in [3.63, 3.8) is 0 Å². The average molecular weight is 234 g/mol. The molecule has 90 valence electrons. The largest absolute Gasteiger partial charge is 0.478 e. The van der Waals surface area contributed by atoms with Crippen LogP contribution in [0.2, 0.25) is 0 Å². The van der Waals surface area contributed by atoms with Gasteiger partial charge in [0.2, 0.25) is 0 Å². The van der Waals surface area contributed by atoms with Crippen molar-refractivity contribution in [2.45, 2.75) is 0 Å². The van der Waals surface area contributed by atoms with Gasteiger partial charge in [-0.3, -0.25) is 0 Å². The van der Waals surface area contributed by atoms with Crippen molar-refractivity contribution in [1.29, 1.82) is 0 Å². The molecule has 3 heterocycles. The molecule has 2 aliphatic heterocycles. The Labute approximate surface area is 99.0 Å². The third kappa shape index (κ3) is 1.76. The molecule has 17 heavy (non-hydrogen) atoms. The van der Waals surface area contributed by atoms with Gasteiger partial charge in [0.15, 0.2) is 0 Å². The van der Waals surface area contributed by atoms with Crippen LogP contribution in [-0.2, 0) is 4.74 Å². The summed E-state index contributed by atoms with van der Waals surface area (Å²) in [6.07, 6.45) is 1.65. The van der Waals surface area contributed by atoms with Gasteiger partial charge in [-0.25, -0.2) is 9.78 Å². The van der Waals surface area contributed by atoms with Gasteiger partial charge in [0, 0.05) is 31.1 Å². The van der Waals surface area contributed by atoms with Crippen molar-refractivity contribution in [2.75, 3.05) is 31.2 Å². The fourth-order valence-electron chi connectivity index (χ4n) is 2.68. The van der Waals surface area contributed by atoms with Crippen LogP contribution >= 0.6 is 0 Å². The Kier molecular flexibility index (Phi) is 2.48. The quantitative estimate of drug-likeness (QED) is 0.822.